The molecule has 2 aromatic heterocycles. The Hall–Kier alpha value is -3.54. The van der Waals surface area contributed by atoms with Gasteiger partial charge >= 0.3 is 11.8 Å². The molecule has 0 saturated carbocycles. The van der Waals surface area contributed by atoms with Crippen molar-refractivity contribution in [3.05, 3.63) is 71.3 Å². The Balaban J connectivity index is 1.77. The third kappa shape index (κ3) is 2.50. The third-order valence-electron chi connectivity index (χ3n) is 3.44. The predicted molar refractivity (Wildman–Crippen MR) is 85.4 cm³/mol. The van der Waals surface area contributed by atoms with E-state index in [1.165, 1.54) is 18.4 Å². The van der Waals surface area contributed by atoms with Crippen LogP contribution in [-0.4, -0.2) is 6.16 Å². The molecule has 0 fully saturated rings. The summed E-state index contributed by atoms with van der Waals surface area (Å²) in [4.78, 5) is 23.5. The Morgan fingerprint density at radius 3 is 2.50 bits per heavy atom. The van der Waals surface area contributed by atoms with Crippen molar-refractivity contribution in [1.82, 2.24) is 0 Å². The van der Waals surface area contributed by atoms with E-state index in [-0.39, 0.29) is 11.3 Å². The molecule has 0 bridgehead atoms. The molecule has 118 valence electrons. The third-order valence-corrected chi connectivity index (χ3v) is 3.44. The summed E-state index contributed by atoms with van der Waals surface area (Å²) in [5.74, 6) is 0.568. The maximum atomic E-state index is 12.1. The normalized spacial score (nSPS) is 10.8. The zero-order chi connectivity index (χ0) is 16.5. The Morgan fingerprint density at radius 1 is 0.875 bits per heavy atom. The molecule has 2 heterocycles. The summed E-state index contributed by atoms with van der Waals surface area (Å²) in [7, 11) is 0. The fourth-order valence-electron chi connectivity index (χ4n) is 2.41. The van der Waals surface area contributed by atoms with E-state index in [0.29, 0.717) is 22.1 Å². The quantitative estimate of drug-likeness (QED) is 0.314. The van der Waals surface area contributed by atoms with E-state index >= 15 is 0 Å². The Kier molecular flexibility index (Phi) is 3.28. The van der Waals surface area contributed by atoms with Crippen LogP contribution in [0.15, 0.2) is 74.5 Å². The van der Waals surface area contributed by atoms with Gasteiger partial charge in [-0.1, -0.05) is 18.2 Å². The minimum atomic E-state index is -0.901. The summed E-state index contributed by atoms with van der Waals surface area (Å²) < 4.78 is 20.9. The van der Waals surface area contributed by atoms with Gasteiger partial charge in [-0.25, -0.2) is 9.59 Å². The molecule has 0 spiro atoms. The molecule has 0 radical (unpaired) electrons. The summed E-state index contributed by atoms with van der Waals surface area (Å²) in [5, 5.41) is 1.04. The van der Waals surface area contributed by atoms with E-state index in [9.17, 15) is 9.59 Å². The zero-order valence-electron chi connectivity index (χ0n) is 12.2. The highest BCUT2D eigenvalue weighted by Gasteiger charge is 2.17. The maximum Gasteiger partial charge on any atom is 0.519 e. The van der Waals surface area contributed by atoms with Crippen LogP contribution in [0.25, 0.3) is 21.9 Å². The van der Waals surface area contributed by atoms with Gasteiger partial charge in [0.05, 0.1) is 17.0 Å². The molecule has 0 aliphatic rings. The molecule has 24 heavy (non-hydrogen) atoms. The molecule has 0 saturated heterocycles. The van der Waals surface area contributed by atoms with Gasteiger partial charge in [0.25, 0.3) is 0 Å². The van der Waals surface area contributed by atoms with Crippen molar-refractivity contribution < 1.29 is 23.1 Å². The standard InChI is InChI=1S/C18H10O6/c19-16-7-6-12-15(23-16)10-14-13(8-9-21-14)17(12)24-18(20)22-11-4-2-1-3-5-11/h1-10H. The van der Waals surface area contributed by atoms with Gasteiger partial charge in [-0.05, 0) is 24.3 Å². The van der Waals surface area contributed by atoms with Gasteiger partial charge in [-0.3, -0.25) is 0 Å². The van der Waals surface area contributed by atoms with Crippen LogP contribution < -0.4 is 15.1 Å². The molecule has 0 aliphatic heterocycles. The number of hydrogen-bond acceptors (Lipinski definition) is 6. The number of ether oxygens (including phenoxy) is 2. The van der Waals surface area contributed by atoms with Crippen molar-refractivity contribution >= 4 is 28.1 Å². The lowest BCUT2D eigenvalue weighted by atomic mass is 10.1. The van der Waals surface area contributed by atoms with Crippen LogP contribution in [0.4, 0.5) is 4.79 Å². The van der Waals surface area contributed by atoms with Gasteiger partial charge < -0.3 is 18.3 Å². The minimum absolute atomic E-state index is 0.209. The lowest BCUT2D eigenvalue weighted by molar-refractivity contribution is 0.153. The molecule has 0 aliphatic carbocycles. The van der Waals surface area contributed by atoms with Crippen LogP contribution in [0, 0.1) is 0 Å². The van der Waals surface area contributed by atoms with Crippen molar-refractivity contribution in [2.45, 2.75) is 0 Å². The number of fused-ring (bicyclic) bond motifs is 2. The molecule has 6 heteroatoms. The van der Waals surface area contributed by atoms with Crippen LogP contribution in [0.3, 0.4) is 0 Å². The van der Waals surface area contributed by atoms with Crippen molar-refractivity contribution in [3.63, 3.8) is 0 Å². The molecular weight excluding hydrogens is 312 g/mol. The maximum absolute atomic E-state index is 12.1. The Morgan fingerprint density at radius 2 is 1.67 bits per heavy atom. The van der Waals surface area contributed by atoms with Gasteiger partial charge in [0.15, 0.2) is 5.75 Å². The number of furan rings is 1. The molecule has 0 atom stereocenters. The molecule has 4 aromatic rings. The number of carbonyl (C=O) groups is 1. The molecule has 0 amide bonds. The number of hydrogen-bond donors (Lipinski definition) is 0. The second kappa shape index (κ2) is 5.58. The van der Waals surface area contributed by atoms with Crippen LogP contribution in [0.2, 0.25) is 0 Å². The molecule has 2 aromatic carbocycles. The molecule has 6 nitrogen and oxygen atoms in total. The monoisotopic (exact) mass is 322 g/mol. The highest BCUT2D eigenvalue weighted by atomic mass is 16.7. The van der Waals surface area contributed by atoms with E-state index in [2.05, 4.69) is 0 Å². The van der Waals surface area contributed by atoms with Crippen molar-refractivity contribution in [2.24, 2.45) is 0 Å². The number of rotatable bonds is 2. The first kappa shape index (κ1) is 14.1. The average molecular weight is 322 g/mol. The van der Waals surface area contributed by atoms with E-state index < -0.39 is 11.8 Å². The van der Waals surface area contributed by atoms with Crippen molar-refractivity contribution in [2.75, 3.05) is 0 Å². The first-order valence-corrected chi connectivity index (χ1v) is 7.09. The fourth-order valence-corrected chi connectivity index (χ4v) is 2.41. The average Bonchev–Trinajstić information content (AvgIpc) is 3.03. The summed E-state index contributed by atoms with van der Waals surface area (Å²) in [5.41, 5.74) is 0.179. The summed E-state index contributed by atoms with van der Waals surface area (Å²) in [6, 6.07) is 14.6. The number of para-hydroxylation sites is 1. The smallest absolute Gasteiger partial charge is 0.464 e. The molecule has 0 unspecified atom stereocenters. The van der Waals surface area contributed by atoms with Crippen molar-refractivity contribution in [3.8, 4) is 11.5 Å². The van der Waals surface area contributed by atoms with Crippen LogP contribution in [0.5, 0.6) is 11.5 Å². The predicted octanol–water partition coefficient (Wildman–Crippen LogP) is 4.12. The van der Waals surface area contributed by atoms with E-state index in [4.69, 9.17) is 18.3 Å². The molecule has 4 rings (SSSR count). The summed E-state index contributed by atoms with van der Waals surface area (Å²) in [6.45, 7) is 0. The Bertz CT molecular complexity index is 1090. The molecular formula is C18H10O6. The second-order valence-electron chi connectivity index (χ2n) is 4.97. The topological polar surface area (TPSA) is 78.9 Å². The minimum Gasteiger partial charge on any atom is -0.464 e. The SMILES string of the molecule is O=C(Oc1ccccc1)Oc1c2ccoc2cc2oc(=O)ccc12. The van der Waals surface area contributed by atoms with E-state index in [1.807, 2.05) is 0 Å². The van der Waals surface area contributed by atoms with Crippen molar-refractivity contribution in [1.29, 1.82) is 0 Å². The van der Waals surface area contributed by atoms with Crippen LogP contribution in [0.1, 0.15) is 0 Å². The highest BCUT2D eigenvalue weighted by Crippen LogP contribution is 2.35. The van der Waals surface area contributed by atoms with E-state index in [1.54, 1.807) is 42.5 Å². The van der Waals surface area contributed by atoms with Gasteiger partial charge in [-0.15, -0.1) is 0 Å². The number of carbonyl (C=O) groups excluding carboxylic acids is 1. The first-order chi connectivity index (χ1) is 11.7. The second-order valence-corrected chi connectivity index (χ2v) is 4.97. The zero-order valence-corrected chi connectivity index (χ0v) is 12.2. The highest BCUT2D eigenvalue weighted by molar-refractivity contribution is 6.02. The van der Waals surface area contributed by atoms with E-state index in [0.717, 1.165) is 0 Å². The lowest BCUT2D eigenvalue weighted by Crippen LogP contribution is -2.14. The number of benzene rings is 2. The molecule has 0 N–H and O–H groups in total. The van der Waals surface area contributed by atoms with Gasteiger partial charge in [0, 0.05) is 12.1 Å². The lowest BCUT2D eigenvalue weighted by Gasteiger charge is -2.08. The van der Waals surface area contributed by atoms with Gasteiger partial charge in [0.2, 0.25) is 0 Å². The van der Waals surface area contributed by atoms with Crippen LogP contribution >= 0.6 is 0 Å². The first-order valence-electron chi connectivity index (χ1n) is 7.09. The summed E-state index contributed by atoms with van der Waals surface area (Å²) >= 11 is 0. The largest absolute Gasteiger partial charge is 0.519 e. The Labute approximate surface area is 134 Å². The summed E-state index contributed by atoms with van der Waals surface area (Å²) in [6.07, 6.45) is 0.555. The van der Waals surface area contributed by atoms with Gasteiger partial charge in [0.1, 0.15) is 16.9 Å². The van der Waals surface area contributed by atoms with Crippen LogP contribution in [-0.2, 0) is 0 Å². The fraction of sp³-hybridized carbons (Fsp3) is 0. The van der Waals surface area contributed by atoms with Gasteiger partial charge in [-0.2, -0.15) is 0 Å².